The van der Waals surface area contributed by atoms with Crippen LogP contribution in [0.1, 0.15) is 24.0 Å². The largest absolute Gasteiger partial charge is 0.493 e. The first kappa shape index (κ1) is 23.3. The van der Waals surface area contributed by atoms with E-state index in [9.17, 15) is 8.42 Å². The Labute approximate surface area is 174 Å². The maximum Gasteiger partial charge on any atom is 0.211 e. The molecule has 1 aromatic carbocycles. The number of sulfonamides is 1. The van der Waals surface area contributed by atoms with Crippen LogP contribution < -0.4 is 14.8 Å². The van der Waals surface area contributed by atoms with Crippen molar-refractivity contribution in [2.45, 2.75) is 26.3 Å². The normalized spacial score (nSPS) is 16.6. The summed E-state index contributed by atoms with van der Waals surface area (Å²) < 4.78 is 35.6. The number of benzene rings is 1. The summed E-state index contributed by atoms with van der Waals surface area (Å²) in [7, 11) is 3.95. The predicted octanol–water partition coefficient (Wildman–Crippen LogP) is 1.69. The van der Waals surface area contributed by atoms with Crippen molar-refractivity contribution in [1.29, 1.82) is 0 Å². The molecule has 1 aliphatic heterocycles. The Balaban J connectivity index is 1.94. The lowest BCUT2D eigenvalue weighted by Crippen LogP contribution is -2.44. The highest BCUT2D eigenvalue weighted by atomic mass is 32.2. The van der Waals surface area contributed by atoms with Crippen molar-refractivity contribution >= 4 is 16.0 Å². The molecule has 0 atom stereocenters. The Morgan fingerprint density at radius 3 is 2.34 bits per heavy atom. The summed E-state index contributed by atoms with van der Waals surface area (Å²) in [6.07, 6.45) is 2.99. The molecule has 29 heavy (non-hydrogen) atoms. The SMILES string of the molecule is CN=C(NCC1CCN(S(C)(=O)=O)CC1)N(C)Cc1cc(OC)c(OC)cc1C. The van der Waals surface area contributed by atoms with Gasteiger partial charge in [-0.25, -0.2) is 12.7 Å². The van der Waals surface area contributed by atoms with Gasteiger partial charge in [-0.3, -0.25) is 4.99 Å². The second-order valence-electron chi connectivity index (χ2n) is 7.52. The minimum atomic E-state index is -3.09. The Hall–Kier alpha value is -2.00. The number of hydrogen-bond donors (Lipinski definition) is 1. The quantitative estimate of drug-likeness (QED) is 0.528. The monoisotopic (exact) mass is 426 g/mol. The molecule has 0 radical (unpaired) electrons. The van der Waals surface area contributed by atoms with Gasteiger partial charge in [0.2, 0.25) is 10.0 Å². The summed E-state index contributed by atoms with van der Waals surface area (Å²) in [5.41, 5.74) is 2.26. The molecule has 9 heteroatoms. The number of methoxy groups -OCH3 is 2. The summed E-state index contributed by atoms with van der Waals surface area (Å²) in [6, 6.07) is 3.98. The van der Waals surface area contributed by atoms with E-state index in [-0.39, 0.29) is 0 Å². The van der Waals surface area contributed by atoms with Crippen molar-refractivity contribution in [3.05, 3.63) is 23.3 Å². The highest BCUT2D eigenvalue weighted by Crippen LogP contribution is 2.30. The number of nitrogens with one attached hydrogen (secondary N) is 1. The van der Waals surface area contributed by atoms with E-state index in [0.717, 1.165) is 42.2 Å². The van der Waals surface area contributed by atoms with E-state index >= 15 is 0 Å². The lowest BCUT2D eigenvalue weighted by atomic mass is 9.98. The lowest BCUT2D eigenvalue weighted by Gasteiger charge is -2.31. The average molecular weight is 427 g/mol. The zero-order valence-corrected chi connectivity index (χ0v) is 19.2. The van der Waals surface area contributed by atoms with Crippen LogP contribution in [0.4, 0.5) is 0 Å². The number of aliphatic imine (C=N–C) groups is 1. The van der Waals surface area contributed by atoms with E-state index in [1.165, 1.54) is 6.26 Å². The molecule has 8 nitrogen and oxygen atoms in total. The maximum absolute atomic E-state index is 11.6. The van der Waals surface area contributed by atoms with E-state index < -0.39 is 10.0 Å². The van der Waals surface area contributed by atoms with Gasteiger partial charge < -0.3 is 19.7 Å². The van der Waals surface area contributed by atoms with Crippen LogP contribution in [-0.4, -0.2) is 77.8 Å². The van der Waals surface area contributed by atoms with Crippen LogP contribution in [0.25, 0.3) is 0 Å². The summed E-state index contributed by atoms with van der Waals surface area (Å²) in [6.45, 7) is 4.68. The third-order valence-corrected chi connectivity index (χ3v) is 6.72. The molecule has 1 fully saturated rings. The lowest BCUT2D eigenvalue weighted by molar-refractivity contribution is 0.273. The molecule has 164 valence electrons. The third-order valence-electron chi connectivity index (χ3n) is 5.41. The van der Waals surface area contributed by atoms with Crippen LogP contribution in [0.5, 0.6) is 11.5 Å². The second-order valence-corrected chi connectivity index (χ2v) is 9.51. The van der Waals surface area contributed by atoms with Gasteiger partial charge in [-0.15, -0.1) is 0 Å². The molecular formula is C20H34N4O4S. The van der Waals surface area contributed by atoms with Gasteiger partial charge in [0.25, 0.3) is 0 Å². The molecule has 1 N–H and O–H groups in total. The van der Waals surface area contributed by atoms with Gasteiger partial charge in [0.1, 0.15) is 0 Å². The summed E-state index contributed by atoms with van der Waals surface area (Å²) >= 11 is 0. The number of ether oxygens (including phenoxy) is 2. The summed E-state index contributed by atoms with van der Waals surface area (Å²) in [4.78, 5) is 6.47. The number of piperidine rings is 1. The molecule has 0 amide bonds. The first-order chi connectivity index (χ1) is 13.7. The van der Waals surface area contributed by atoms with Crippen LogP contribution in [0.3, 0.4) is 0 Å². The molecule has 1 saturated heterocycles. The van der Waals surface area contributed by atoms with E-state index in [2.05, 4.69) is 22.1 Å². The number of nitrogens with zero attached hydrogens (tertiary/aromatic N) is 3. The molecule has 0 unspecified atom stereocenters. The predicted molar refractivity (Wildman–Crippen MR) is 116 cm³/mol. The Kier molecular flexibility index (Phi) is 8.15. The molecule has 0 aliphatic carbocycles. The van der Waals surface area contributed by atoms with Crippen molar-refractivity contribution in [2.75, 3.05) is 54.2 Å². The van der Waals surface area contributed by atoms with Gasteiger partial charge in [0.05, 0.1) is 20.5 Å². The van der Waals surface area contributed by atoms with E-state index in [4.69, 9.17) is 9.47 Å². The Morgan fingerprint density at radius 2 is 1.83 bits per heavy atom. The fraction of sp³-hybridized carbons (Fsp3) is 0.650. The fourth-order valence-electron chi connectivity index (χ4n) is 3.59. The topological polar surface area (TPSA) is 83.5 Å². The van der Waals surface area contributed by atoms with Gasteiger partial charge in [0.15, 0.2) is 17.5 Å². The molecule has 0 aromatic heterocycles. The zero-order chi connectivity index (χ0) is 21.6. The van der Waals surface area contributed by atoms with Crippen LogP contribution in [0, 0.1) is 12.8 Å². The fourth-order valence-corrected chi connectivity index (χ4v) is 4.46. The van der Waals surface area contributed by atoms with Crippen molar-refractivity contribution in [1.82, 2.24) is 14.5 Å². The summed E-state index contributed by atoms with van der Waals surface area (Å²) in [5, 5.41) is 3.44. The first-order valence-corrected chi connectivity index (χ1v) is 11.6. The maximum atomic E-state index is 11.6. The molecule has 1 heterocycles. The second kappa shape index (κ2) is 10.2. The van der Waals surface area contributed by atoms with Crippen molar-refractivity contribution in [3.63, 3.8) is 0 Å². The van der Waals surface area contributed by atoms with Crippen molar-refractivity contribution in [3.8, 4) is 11.5 Å². The minimum absolute atomic E-state index is 0.431. The van der Waals surface area contributed by atoms with Gasteiger partial charge in [-0.1, -0.05) is 0 Å². The van der Waals surface area contributed by atoms with Crippen molar-refractivity contribution < 1.29 is 17.9 Å². The van der Waals surface area contributed by atoms with Crippen LogP contribution in [0.2, 0.25) is 0 Å². The number of guanidine groups is 1. The molecule has 1 aliphatic rings. The van der Waals surface area contributed by atoms with Gasteiger partial charge in [0, 0.05) is 40.3 Å². The van der Waals surface area contributed by atoms with E-state index in [1.54, 1.807) is 25.6 Å². The molecule has 0 saturated carbocycles. The molecule has 0 spiro atoms. The van der Waals surface area contributed by atoms with Crippen LogP contribution >= 0.6 is 0 Å². The van der Waals surface area contributed by atoms with E-state index in [1.807, 2.05) is 19.2 Å². The van der Waals surface area contributed by atoms with Crippen LogP contribution in [0.15, 0.2) is 17.1 Å². The third kappa shape index (κ3) is 6.24. The van der Waals surface area contributed by atoms with Crippen LogP contribution in [-0.2, 0) is 16.6 Å². The number of rotatable bonds is 7. The highest BCUT2D eigenvalue weighted by Gasteiger charge is 2.25. The smallest absolute Gasteiger partial charge is 0.211 e. The molecule has 1 aromatic rings. The number of aryl methyl sites for hydroxylation is 1. The van der Waals surface area contributed by atoms with E-state index in [0.29, 0.717) is 31.3 Å². The molecular weight excluding hydrogens is 392 g/mol. The standard InChI is InChI=1S/C20H34N4O4S/c1-15-11-18(27-4)19(28-5)12-17(15)14-23(3)20(21-2)22-13-16-7-9-24(10-8-16)29(6,25)26/h11-12,16H,7-10,13-14H2,1-6H3,(H,21,22). The molecule has 2 rings (SSSR count). The highest BCUT2D eigenvalue weighted by molar-refractivity contribution is 7.88. The van der Waals surface area contributed by atoms with Gasteiger partial charge in [-0.05, 0) is 48.9 Å². The Morgan fingerprint density at radius 1 is 1.24 bits per heavy atom. The van der Waals surface area contributed by atoms with Crippen molar-refractivity contribution in [2.24, 2.45) is 10.9 Å². The summed E-state index contributed by atoms with van der Waals surface area (Å²) in [5.74, 6) is 2.67. The molecule has 0 bridgehead atoms. The first-order valence-electron chi connectivity index (χ1n) is 9.78. The Bertz CT molecular complexity index is 818. The zero-order valence-electron chi connectivity index (χ0n) is 18.4. The van der Waals surface area contributed by atoms with Gasteiger partial charge >= 0.3 is 0 Å². The number of hydrogen-bond acceptors (Lipinski definition) is 5. The van der Waals surface area contributed by atoms with Gasteiger partial charge in [-0.2, -0.15) is 0 Å². The average Bonchev–Trinajstić information content (AvgIpc) is 2.69. The minimum Gasteiger partial charge on any atom is -0.493 e.